The summed E-state index contributed by atoms with van der Waals surface area (Å²) in [6.45, 7) is 3.89. The molecule has 0 saturated carbocycles. The number of hydrogen-bond donors (Lipinski definition) is 0. The fraction of sp³-hybridized carbons (Fsp3) is 0.500. The third-order valence-electron chi connectivity index (χ3n) is 1.34. The van der Waals surface area contributed by atoms with Crippen molar-refractivity contribution in [3.05, 3.63) is 11.6 Å². The van der Waals surface area contributed by atoms with E-state index in [-0.39, 0.29) is 12.3 Å². The molecule has 1 aliphatic rings. The van der Waals surface area contributed by atoms with Crippen molar-refractivity contribution in [3.63, 3.8) is 0 Å². The molecule has 1 aliphatic heterocycles. The Hall–Kier alpha value is -1.12. The molecule has 0 spiro atoms. The lowest BCUT2D eigenvalue weighted by Crippen LogP contribution is -1.97. The second-order valence-corrected chi connectivity index (χ2v) is 2.87. The van der Waals surface area contributed by atoms with Gasteiger partial charge in [-0.25, -0.2) is 4.79 Å². The van der Waals surface area contributed by atoms with Crippen molar-refractivity contribution in [1.29, 1.82) is 0 Å². The molecule has 0 atom stereocenters. The summed E-state index contributed by atoms with van der Waals surface area (Å²) >= 11 is 0. The van der Waals surface area contributed by atoms with Crippen molar-refractivity contribution in [2.75, 3.05) is 0 Å². The van der Waals surface area contributed by atoms with Crippen LogP contribution in [0.2, 0.25) is 0 Å². The fourth-order valence-corrected chi connectivity index (χ4v) is 0.962. The highest BCUT2D eigenvalue weighted by molar-refractivity contribution is 6.05. The summed E-state index contributed by atoms with van der Waals surface area (Å²) in [5.74, 6) is -0.644. The minimum Gasteiger partial charge on any atom is -0.389 e. The van der Waals surface area contributed by atoms with E-state index in [0.29, 0.717) is 5.57 Å². The van der Waals surface area contributed by atoms with E-state index < -0.39 is 11.9 Å². The first kappa shape index (κ1) is 7.98. The van der Waals surface area contributed by atoms with Gasteiger partial charge in [0.25, 0.3) is 0 Å². The average molecular weight is 154 g/mol. The molecule has 1 rings (SSSR count). The summed E-state index contributed by atoms with van der Waals surface area (Å²) in [6, 6.07) is 0. The second kappa shape index (κ2) is 2.86. The number of allylic oxidation sites excluding steroid dienone is 1. The van der Waals surface area contributed by atoms with Crippen LogP contribution in [0.1, 0.15) is 20.3 Å². The zero-order valence-electron chi connectivity index (χ0n) is 6.59. The summed E-state index contributed by atoms with van der Waals surface area (Å²) in [4.78, 5) is 21.4. The van der Waals surface area contributed by atoms with Gasteiger partial charge in [-0.2, -0.15) is 0 Å². The van der Waals surface area contributed by atoms with Crippen LogP contribution in [0, 0.1) is 5.92 Å². The number of rotatable bonds is 1. The first-order chi connectivity index (χ1) is 5.09. The van der Waals surface area contributed by atoms with Gasteiger partial charge in [-0.15, -0.1) is 0 Å². The molecule has 0 amide bonds. The van der Waals surface area contributed by atoms with Gasteiger partial charge >= 0.3 is 11.9 Å². The Bertz CT molecular complexity index is 225. The Labute approximate surface area is 65.0 Å². The lowest BCUT2D eigenvalue weighted by molar-refractivity contribution is -0.151. The van der Waals surface area contributed by atoms with Gasteiger partial charge in [-0.3, -0.25) is 4.79 Å². The monoisotopic (exact) mass is 154 g/mol. The molecule has 3 heteroatoms. The smallest absolute Gasteiger partial charge is 0.341 e. The van der Waals surface area contributed by atoms with E-state index >= 15 is 0 Å². The van der Waals surface area contributed by atoms with E-state index in [4.69, 9.17) is 0 Å². The molecule has 0 aliphatic carbocycles. The Morgan fingerprint density at radius 3 is 2.45 bits per heavy atom. The predicted octanol–water partition coefficient (Wildman–Crippen LogP) is 1.04. The molecule has 0 aromatic carbocycles. The molecule has 60 valence electrons. The molecule has 3 nitrogen and oxygen atoms in total. The van der Waals surface area contributed by atoms with Crippen LogP contribution in [0.15, 0.2) is 11.6 Å². The van der Waals surface area contributed by atoms with Gasteiger partial charge in [-0.1, -0.05) is 19.9 Å². The SMILES string of the molecule is CC(C)/C=C1/CC(=O)OC1=O. The van der Waals surface area contributed by atoms with E-state index in [1.807, 2.05) is 13.8 Å². The van der Waals surface area contributed by atoms with Crippen LogP contribution in [0.3, 0.4) is 0 Å². The number of ether oxygens (including phenoxy) is 1. The van der Waals surface area contributed by atoms with Crippen molar-refractivity contribution in [2.24, 2.45) is 5.92 Å². The molecule has 1 saturated heterocycles. The third kappa shape index (κ3) is 1.90. The number of cyclic esters (lactones) is 2. The highest BCUT2D eigenvalue weighted by Crippen LogP contribution is 2.16. The normalized spacial score (nSPS) is 21.5. The maximum Gasteiger partial charge on any atom is 0.341 e. The van der Waals surface area contributed by atoms with Gasteiger partial charge in [0.1, 0.15) is 0 Å². The summed E-state index contributed by atoms with van der Waals surface area (Å²) in [6.07, 6.45) is 1.89. The Balaban J connectivity index is 2.75. The molecule has 0 bridgehead atoms. The van der Waals surface area contributed by atoms with Crippen molar-refractivity contribution in [1.82, 2.24) is 0 Å². The van der Waals surface area contributed by atoms with Crippen LogP contribution in [0.5, 0.6) is 0 Å². The van der Waals surface area contributed by atoms with E-state index in [1.54, 1.807) is 6.08 Å². The van der Waals surface area contributed by atoms with Crippen molar-refractivity contribution >= 4 is 11.9 Å². The minimum absolute atomic E-state index is 0.136. The fourth-order valence-electron chi connectivity index (χ4n) is 0.962. The van der Waals surface area contributed by atoms with Gasteiger partial charge < -0.3 is 4.74 Å². The quantitative estimate of drug-likeness (QED) is 0.322. The van der Waals surface area contributed by atoms with Gasteiger partial charge in [0.05, 0.1) is 6.42 Å². The maximum atomic E-state index is 10.8. The summed E-state index contributed by atoms with van der Waals surface area (Å²) in [7, 11) is 0. The molecular formula is C8H10O3. The summed E-state index contributed by atoms with van der Waals surface area (Å²) < 4.78 is 4.33. The lowest BCUT2D eigenvalue weighted by atomic mass is 10.1. The van der Waals surface area contributed by atoms with Crippen LogP contribution in [-0.4, -0.2) is 11.9 Å². The minimum atomic E-state index is -0.483. The molecule has 0 radical (unpaired) electrons. The number of hydrogen-bond acceptors (Lipinski definition) is 3. The largest absolute Gasteiger partial charge is 0.389 e. The van der Waals surface area contributed by atoms with Crippen LogP contribution >= 0.6 is 0 Å². The Morgan fingerprint density at radius 2 is 2.09 bits per heavy atom. The van der Waals surface area contributed by atoms with Crippen molar-refractivity contribution < 1.29 is 14.3 Å². The molecule has 0 aromatic heterocycles. The third-order valence-corrected chi connectivity index (χ3v) is 1.34. The van der Waals surface area contributed by atoms with E-state index in [0.717, 1.165) is 0 Å². The van der Waals surface area contributed by atoms with Crippen LogP contribution in [0.25, 0.3) is 0 Å². The highest BCUT2D eigenvalue weighted by atomic mass is 16.6. The Kier molecular flexibility index (Phi) is 2.08. The summed E-state index contributed by atoms with van der Waals surface area (Å²) in [5.41, 5.74) is 0.491. The predicted molar refractivity (Wildman–Crippen MR) is 38.6 cm³/mol. The highest BCUT2D eigenvalue weighted by Gasteiger charge is 2.26. The van der Waals surface area contributed by atoms with Gasteiger partial charge in [-0.05, 0) is 5.92 Å². The number of carbonyl (C=O) groups excluding carboxylic acids is 2. The van der Waals surface area contributed by atoms with Crippen LogP contribution in [-0.2, 0) is 14.3 Å². The van der Waals surface area contributed by atoms with Gasteiger partial charge in [0, 0.05) is 5.57 Å². The number of carbonyl (C=O) groups is 2. The zero-order valence-corrected chi connectivity index (χ0v) is 6.59. The second-order valence-electron chi connectivity index (χ2n) is 2.87. The molecular weight excluding hydrogens is 144 g/mol. The standard InChI is InChI=1S/C8H10O3/c1-5(2)3-6-4-7(9)11-8(6)10/h3,5H,4H2,1-2H3/b6-3-. The molecule has 1 fully saturated rings. The zero-order chi connectivity index (χ0) is 8.43. The van der Waals surface area contributed by atoms with Crippen LogP contribution in [0.4, 0.5) is 0 Å². The van der Waals surface area contributed by atoms with E-state index in [1.165, 1.54) is 0 Å². The maximum absolute atomic E-state index is 10.8. The average Bonchev–Trinajstić information content (AvgIpc) is 2.09. The number of esters is 2. The topological polar surface area (TPSA) is 43.4 Å². The Morgan fingerprint density at radius 1 is 1.45 bits per heavy atom. The lowest BCUT2D eigenvalue weighted by Gasteiger charge is -1.94. The first-order valence-electron chi connectivity index (χ1n) is 3.55. The van der Waals surface area contributed by atoms with E-state index in [9.17, 15) is 9.59 Å². The van der Waals surface area contributed by atoms with E-state index in [2.05, 4.69) is 4.74 Å². The first-order valence-corrected chi connectivity index (χ1v) is 3.55. The van der Waals surface area contributed by atoms with Crippen molar-refractivity contribution in [3.8, 4) is 0 Å². The van der Waals surface area contributed by atoms with Crippen LogP contribution < -0.4 is 0 Å². The molecule has 1 heterocycles. The molecule has 0 unspecified atom stereocenters. The summed E-state index contributed by atoms with van der Waals surface area (Å²) in [5, 5.41) is 0. The van der Waals surface area contributed by atoms with Gasteiger partial charge in [0.2, 0.25) is 0 Å². The molecule has 0 N–H and O–H groups in total. The van der Waals surface area contributed by atoms with Crippen molar-refractivity contribution in [2.45, 2.75) is 20.3 Å². The van der Waals surface area contributed by atoms with Gasteiger partial charge in [0.15, 0.2) is 0 Å². The molecule has 11 heavy (non-hydrogen) atoms. The molecule has 0 aromatic rings.